The minimum absolute atomic E-state index is 1.02. The molecule has 0 saturated carbocycles. The minimum Gasteiger partial charge on any atom is -0.275 e. The van der Waals surface area contributed by atoms with E-state index < -0.39 is 0 Å². The predicted octanol–water partition coefficient (Wildman–Crippen LogP) is 3.15. The molecule has 0 aliphatic rings. The third-order valence-corrected chi connectivity index (χ3v) is 2.39. The summed E-state index contributed by atoms with van der Waals surface area (Å²) in [4.78, 5) is 4.30. The van der Waals surface area contributed by atoms with Gasteiger partial charge in [0.05, 0.1) is 11.0 Å². The average molecular weight is 213 g/mol. The van der Waals surface area contributed by atoms with Gasteiger partial charge >= 0.3 is 0 Å². The first-order valence-corrected chi connectivity index (χ1v) is 5.52. The molecule has 0 aliphatic carbocycles. The van der Waals surface area contributed by atoms with Crippen molar-refractivity contribution in [2.75, 3.05) is 0 Å². The van der Waals surface area contributed by atoms with Gasteiger partial charge in [0.15, 0.2) is 0 Å². The highest BCUT2D eigenvalue weighted by molar-refractivity contribution is 6.04. The molecule has 3 heteroatoms. The van der Waals surface area contributed by atoms with Crippen molar-refractivity contribution in [3.05, 3.63) is 36.7 Å². The summed E-state index contributed by atoms with van der Waals surface area (Å²) in [5, 5.41) is 6.68. The topological polar surface area (TPSA) is 30.7 Å². The number of hydrogen-bond donors (Lipinski definition) is 0. The van der Waals surface area contributed by atoms with Crippen LogP contribution in [0.25, 0.3) is 21.8 Å². The van der Waals surface area contributed by atoms with Crippen LogP contribution in [0.2, 0.25) is 0 Å². The fourth-order valence-electron chi connectivity index (χ4n) is 1.77. The molecule has 0 amide bonds. The van der Waals surface area contributed by atoms with Crippen molar-refractivity contribution in [2.24, 2.45) is 7.05 Å². The Kier molecular flexibility index (Phi) is 2.86. The van der Waals surface area contributed by atoms with Gasteiger partial charge in [0.25, 0.3) is 0 Å². The van der Waals surface area contributed by atoms with Crippen LogP contribution in [0.3, 0.4) is 0 Å². The van der Waals surface area contributed by atoms with Crippen molar-refractivity contribution in [3.63, 3.8) is 0 Å². The van der Waals surface area contributed by atoms with Gasteiger partial charge in [-0.1, -0.05) is 19.9 Å². The molecule has 0 radical (unpaired) electrons. The van der Waals surface area contributed by atoms with E-state index in [9.17, 15) is 0 Å². The highest BCUT2D eigenvalue weighted by Crippen LogP contribution is 2.22. The molecule has 2 aromatic heterocycles. The minimum atomic E-state index is 1.02. The molecule has 2 heterocycles. The normalized spacial score (nSPS) is 10.2. The Hall–Kier alpha value is -1.90. The van der Waals surface area contributed by atoms with Crippen LogP contribution in [0, 0.1) is 0 Å². The Morgan fingerprint density at radius 3 is 2.56 bits per heavy atom. The van der Waals surface area contributed by atoms with E-state index in [4.69, 9.17) is 0 Å². The maximum Gasteiger partial charge on any atom is 0.0930 e. The van der Waals surface area contributed by atoms with Crippen LogP contribution in [-0.2, 0) is 7.05 Å². The monoisotopic (exact) mass is 213 g/mol. The molecule has 0 unspecified atom stereocenters. The van der Waals surface area contributed by atoms with Crippen molar-refractivity contribution in [3.8, 4) is 0 Å². The van der Waals surface area contributed by atoms with Gasteiger partial charge in [0.1, 0.15) is 0 Å². The van der Waals surface area contributed by atoms with Crippen LogP contribution in [0.15, 0.2) is 36.7 Å². The smallest absolute Gasteiger partial charge is 0.0930 e. The summed E-state index contributed by atoms with van der Waals surface area (Å²) in [6.45, 7) is 4.00. The molecule has 0 bridgehead atoms. The summed E-state index contributed by atoms with van der Waals surface area (Å²) < 4.78 is 1.83. The highest BCUT2D eigenvalue weighted by Gasteiger charge is 2.02. The van der Waals surface area contributed by atoms with Gasteiger partial charge < -0.3 is 0 Å². The van der Waals surface area contributed by atoms with Gasteiger partial charge in [-0.25, -0.2) is 0 Å². The average Bonchev–Trinajstić information content (AvgIpc) is 2.72. The number of rotatable bonds is 0. The predicted molar refractivity (Wildman–Crippen MR) is 67.4 cm³/mol. The Balaban J connectivity index is 0.000000457. The number of aromatic nitrogens is 3. The van der Waals surface area contributed by atoms with Crippen LogP contribution >= 0.6 is 0 Å². The van der Waals surface area contributed by atoms with Crippen molar-refractivity contribution in [1.82, 2.24) is 14.8 Å². The number of fused-ring (bicyclic) bond motifs is 3. The summed E-state index contributed by atoms with van der Waals surface area (Å²) in [5.41, 5.74) is 2.04. The molecule has 0 spiro atoms. The molecule has 0 saturated heterocycles. The summed E-state index contributed by atoms with van der Waals surface area (Å²) in [7, 11) is 1.93. The van der Waals surface area contributed by atoms with Crippen LogP contribution in [0.5, 0.6) is 0 Å². The molecule has 0 N–H and O–H groups in total. The van der Waals surface area contributed by atoms with Crippen LogP contribution in [-0.4, -0.2) is 14.8 Å². The lowest BCUT2D eigenvalue weighted by atomic mass is 10.1. The zero-order valence-corrected chi connectivity index (χ0v) is 9.81. The zero-order chi connectivity index (χ0) is 11.5. The SMILES string of the molecule is CC.Cn1cc2c(ccc3ncccc32)n1. The van der Waals surface area contributed by atoms with E-state index in [1.54, 1.807) is 0 Å². The molecule has 0 aliphatic heterocycles. The Morgan fingerprint density at radius 1 is 1.00 bits per heavy atom. The second-order valence-corrected chi connectivity index (χ2v) is 3.37. The van der Waals surface area contributed by atoms with E-state index >= 15 is 0 Å². The number of pyridine rings is 1. The molecule has 3 nitrogen and oxygen atoms in total. The first kappa shape index (κ1) is 10.6. The third-order valence-electron chi connectivity index (χ3n) is 2.39. The van der Waals surface area contributed by atoms with Crippen molar-refractivity contribution >= 4 is 21.8 Å². The van der Waals surface area contributed by atoms with Gasteiger partial charge in [-0.15, -0.1) is 0 Å². The molecule has 16 heavy (non-hydrogen) atoms. The summed E-state index contributed by atoms with van der Waals surface area (Å²) >= 11 is 0. The second kappa shape index (κ2) is 4.31. The van der Waals surface area contributed by atoms with Gasteiger partial charge in [-0.05, 0) is 18.2 Å². The lowest BCUT2D eigenvalue weighted by Crippen LogP contribution is -1.84. The Labute approximate surface area is 94.7 Å². The highest BCUT2D eigenvalue weighted by atomic mass is 15.2. The maximum atomic E-state index is 4.35. The molecule has 3 rings (SSSR count). The summed E-state index contributed by atoms with van der Waals surface area (Å²) in [5.74, 6) is 0. The largest absolute Gasteiger partial charge is 0.275 e. The molecule has 3 aromatic rings. The molecule has 0 fully saturated rings. The van der Waals surface area contributed by atoms with E-state index in [0.29, 0.717) is 0 Å². The second-order valence-electron chi connectivity index (χ2n) is 3.37. The van der Waals surface area contributed by atoms with Crippen molar-refractivity contribution in [1.29, 1.82) is 0 Å². The van der Waals surface area contributed by atoms with Crippen molar-refractivity contribution in [2.45, 2.75) is 13.8 Å². The maximum absolute atomic E-state index is 4.35. The molecular formula is C13H15N3. The first-order chi connectivity index (χ1) is 7.84. The quantitative estimate of drug-likeness (QED) is 0.574. The molecular weight excluding hydrogens is 198 g/mol. The van der Waals surface area contributed by atoms with Gasteiger partial charge in [0.2, 0.25) is 0 Å². The molecule has 0 atom stereocenters. The number of benzene rings is 1. The standard InChI is InChI=1S/C11H9N3.C2H6/c1-14-7-9-8-3-2-6-12-10(8)4-5-11(9)13-14;1-2/h2-7H,1H3;1-2H3. The first-order valence-electron chi connectivity index (χ1n) is 5.52. The number of nitrogens with zero attached hydrogens (tertiary/aromatic N) is 3. The van der Waals surface area contributed by atoms with E-state index in [1.807, 2.05) is 56.2 Å². The van der Waals surface area contributed by atoms with Gasteiger partial charge in [-0.2, -0.15) is 5.10 Å². The Bertz CT molecular complexity index is 611. The fourth-order valence-corrected chi connectivity index (χ4v) is 1.77. The van der Waals surface area contributed by atoms with Crippen molar-refractivity contribution < 1.29 is 0 Å². The van der Waals surface area contributed by atoms with Crippen LogP contribution in [0.4, 0.5) is 0 Å². The lowest BCUT2D eigenvalue weighted by molar-refractivity contribution is 0.780. The Morgan fingerprint density at radius 2 is 1.75 bits per heavy atom. The van der Waals surface area contributed by atoms with E-state index in [0.717, 1.165) is 21.8 Å². The van der Waals surface area contributed by atoms with Crippen LogP contribution < -0.4 is 0 Å². The summed E-state index contributed by atoms with van der Waals surface area (Å²) in [6, 6.07) is 8.04. The molecule has 82 valence electrons. The fraction of sp³-hybridized carbons (Fsp3) is 0.231. The third kappa shape index (κ3) is 1.65. The van der Waals surface area contributed by atoms with E-state index in [-0.39, 0.29) is 0 Å². The van der Waals surface area contributed by atoms with Crippen LogP contribution in [0.1, 0.15) is 13.8 Å². The zero-order valence-electron chi connectivity index (χ0n) is 9.81. The van der Waals surface area contributed by atoms with Gasteiger partial charge in [0, 0.05) is 30.2 Å². The van der Waals surface area contributed by atoms with E-state index in [2.05, 4.69) is 16.1 Å². The molecule has 1 aromatic carbocycles. The number of hydrogen-bond acceptors (Lipinski definition) is 2. The van der Waals surface area contributed by atoms with E-state index in [1.165, 1.54) is 0 Å². The number of aryl methyl sites for hydroxylation is 1. The summed E-state index contributed by atoms with van der Waals surface area (Å²) in [6.07, 6.45) is 3.84. The lowest BCUT2D eigenvalue weighted by Gasteiger charge is -1.95. The van der Waals surface area contributed by atoms with Gasteiger partial charge in [-0.3, -0.25) is 9.67 Å².